The summed E-state index contributed by atoms with van der Waals surface area (Å²) in [5.74, 6) is -0.261. The van der Waals surface area contributed by atoms with Crippen molar-refractivity contribution in [2.75, 3.05) is 11.4 Å². The number of aromatic nitrogens is 2. The fourth-order valence-electron chi connectivity index (χ4n) is 3.15. The molecule has 0 bridgehead atoms. The zero-order valence-electron chi connectivity index (χ0n) is 13.9. The summed E-state index contributed by atoms with van der Waals surface area (Å²) >= 11 is 0. The smallest absolute Gasteiger partial charge is 0.257 e. The summed E-state index contributed by atoms with van der Waals surface area (Å²) < 4.78 is 31.6. The highest BCUT2D eigenvalue weighted by molar-refractivity contribution is 5.97. The van der Waals surface area contributed by atoms with E-state index in [0.29, 0.717) is 29.2 Å². The van der Waals surface area contributed by atoms with Crippen molar-refractivity contribution >= 4 is 11.6 Å². The van der Waals surface area contributed by atoms with Gasteiger partial charge in [-0.05, 0) is 55.0 Å². The van der Waals surface area contributed by atoms with Crippen LogP contribution in [0, 0.1) is 18.6 Å². The number of nitrogens with zero attached hydrogens (tertiary/aromatic N) is 3. The molecule has 1 aromatic heterocycles. The van der Waals surface area contributed by atoms with Gasteiger partial charge in [0, 0.05) is 30.1 Å². The van der Waals surface area contributed by atoms with Gasteiger partial charge in [0.05, 0.1) is 0 Å². The second kappa shape index (κ2) is 6.33. The number of anilines is 1. The second-order valence-corrected chi connectivity index (χ2v) is 6.30. The zero-order chi connectivity index (χ0) is 18.3. The summed E-state index contributed by atoms with van der Waals surface area (Å²) in [4.78, 5) is 18.4. The van der Waals surface area contributed by atoms with Crippen LogP contribution in [0.5, 0.6) is 0 Å². The Labute approximate surface area is 148 Å². The first kappa shape index (κ1) is 16.4. The molecule has 1 saturated heterocycles. The third kappa shape index (κ3) is 2.96. The maximum Gasteiger partial charge on any atom is 0.257 e. The Bertz CT molecular complexity index is 969. The third-order valence-corrected chi connectivity index (χ3v) is 4.47. The first-order valence-electron chi connectivity index (χ1n) is 8.17. The average molecular weight is 355 g/mol. The average Bonchev–Trinajstić information content (AvgIpc) is 3.23. The summed E-state index contributed by atoms with van der Waals surface area (Å²) in [6.45, 7) is 2.16. The number of hydrogen-bond donors (Lipinski definition) is 0. The van der Waals surface area contributed by atoms with E-state index < -0.39 is 0 Å². The van der Waals surface area contributed by atoms with E-state index in [9.17, 15) is 13.6 Å². The largest absolute Gasteiger partial charge is 0.334 e. The van der Waals surface area contributed by atoms with Crippen LogP contribution in [0.4, 0.5) is 14.5 Å². The summed E-state index contributed by atoms with van der Waals surface area (Å²) in [6, 6.07) is 10.1. The van der Waals surface area contributed by atoms with Crippen LogP contribution in [0.3, 0.4) is 0 Å². The van der Waals surface area contributed by atoms with E-state index in [0.717, 1.165) is 0 Å². The van der Waals surface area contributed by atoms with Crippen LogP contribution < -0.4 is 4.90 Å². The monoisotopic (exact) mass is 355 g/mol. The van der Waals surface area contributed by atoms with Crippen LogP contribution in [-0.4, -0.2) is 22.6 Å². The molecular formula is C19H15F2N3O2. The first-order chi connectivity index (χ1) is 12.5. The van der Waals surface area contributed by atoms with Crippen LogP contribution in [-0.2, 0) is 4.79 Å². The summed E-state index contributed by atoms with van der Waals surface area (Å²) in [5, 5.41) is 3.98. The van der Waals surface area contributed by atoms with Gasteiger partial charge < -0.3 is 9.42 Å². The molecule has 1 atom stereocenters. The lowest BCUT2D eigenvalue weighted by Crippen LogP contribution is -2.25. The summed E-state index contributed by atoms with van der Waals surface area (Å²) in [7, 11) is 0. The molecule has 132 valence electrons. The van der Waals surface area contributed by atoms with Crippen LogP contribution >= 0.6 is 0 Å². The first-order valence-corrected chi connectivity index (χ1v) is 8.17. The molecule has 1 fully saturated rings. The van der Waals surface area contributed by atoms with E-state index in [1.807, 2.05) is 0 Å². The standard InChI is InChI=1S/C19H15F2N3O2/c1-11-8-15(21)6-7-16(11)24-10-13(9-17(24)25)18-22-19(26-23-18)12-2-4-14(20)5-3-12/h2-8,13H,9-10H2,1H3. The fourth-order valence-corrected chi connectivity index (χ4v) is 3.15. The predicted molar refractivity (Wildman–Crippen MR) is 90.5 cm³/mol. The molecule has 26 heavy (non-hydrogen) atoms. The Balaban J connectivity index is 1.56. The van der Waals surface area contributed by atoms with Crippen molar-refractivity contribution in [3.63, 3.8) is 0 Å². The van der Waals surface area contributed by atoms with Crippen LogP contribution in [0.25, 0.3) is 11.5 Å². The minimum Gasteiger partial charge on any atom is -0.334 e. The Morgan fingerprint density at radius 2 is 1.85 bits per heavy atom. The van der Waals surface area contributed by atoms with Crippen LogP contribution in [0.1, 0.15) is 23.7 Å². The van der Waals surface area contributed by atoms with Gasteiger partial charge in [0.2, 0.25) is 5.91 Å². The highest BCUT2D eigenvalue weighted by Crippen LogP contribution is 2.33. The summed E-state index contributed by atoms with van der Waals surface area (Å²) in [6.07, 6.45) is 0.249. The molecule has 4 rings (SSSR count). The van der Waals surface area contributed by atoms with Gasteiger partial charge in [-0.15, -0.1) is 0 Å². The third-order valence-electron chi connectivity index (χ3n) is 4.47. The number of hydrogen-bond acceptors (Lipinski definition) is 4. The minimum absolute atomic E-state index is 0.0714. The highest BCUT2D eigenvalue weighted by Gasteiger charge is 2.35. The van der Waals surface area contributed by atoms with Crippen molar-refractivity contribution in [3.8, 4) is 11.5 Å². The summed E-state index contributed by atoms with van der Waals surface area (Å²) in [5.41, 5.74) is 1.99. The topological polar surface area (TPSA) is 59.2 Å². The number of rotatable bonds is 3. The Kier molecular flexibility index (Phi) is 3.99. The van der Waals surface area contributed by atoms with E-state index in [4.69, 9.17) is 4.52 Å². The van der Waals surface area contributed by atoms with Gasteiger partial charge in [0.1, 0.15) is 11.6 Å². The van der Waals surface area contributed by atoms with Gasteiger partial charge in [-0.2, -0.15) is 4.98 Å². The van der Waals surface area contributed by atoms with Gasteiger partial charge in [0.15, 0.2) is 5.82 Å². The molecule has 1 aliphatic rings. The second-order valence-electron chi connectivity index (χ2n) is 6.30. The van der Waals surface area contributed by atoms with E-state index in [1.165, 1.54) is 24.3 Å². The highest BCUT2D eigenvalue weighted by atomic mass is 19.1. The Morgan fingerprint density at radius 1 is 1.12 bits per heavy atom. The van der Waals surface area contributed by atoms with Crippen molar-refractivity contribution in [1.82, 2.24) is 10.1 Å². The fraction of sp³-hybridized carbons (Fsp3) is 0.211. The predicted octanol–water partition coefficient (Wildman–Crippen LogP) is 3.84. The molecule has 1 unspecified atom stereocenters. The number of amides is 1. The van der Waals surface area contributed by atoms with E-state index in [-0.39, 0.29) is 35.8 Å². The molecule has 0 aliphatic carbocycles. The van der Waals surface area contributed by atoms with Gasteiger partial charge >= 0.3 is 0 Å². The number of halogens is 2. The van der Waals surface area contributed by atoms with Crippen molar-refractivity contribution in [1.29, 1.82) is 0 Å². The lowest BCUT2D eigenvalue weighted by molar-refractivity contribution is -0.117. The van der Waals surface area contributed by atoms with Crippen LogP contribution in [0.15, 0.2) is 47.0 Å². The molecule has 1 aliphatic heterocycles. The van der Waals surface area contributed by atoms with Crippen LogP contribution in [0.2, 0.25) is 0 Å². The molecule has 0 N–H and O–H groups in total. The number of carbonyl (C=O) groups excluding carboxylic acids is 1. The SMILES string of the molecule is Cc1cc(F)ccc1N1CC(c2noc(-c3ccc(F)cc3)n2)CC1=O. The Hall–Kier alpha value is -3.09. The zero-order valence-corrected chi connectivity index (χ0v) is 13.9. The number of carbonyl (C=O) groups is 1. The normalized spacial score (nSPS) is 17.1. The quantitative estimate of drug-likeness (QED) is 0.716. The molecule has 5 nitrogen and oxygen atoms in total. The molecular weight excluding hydrogens is 340 g/mol. The molecule has 2 heterocycles. The van der Waals surface area contributed by atoms with Gasteiger partial charge in [-0.1, -0.05) is 5.16 Å². The van der Waals surface area contributed by atoms with Crippen molar-refractivity contribution in [2.24, 2.45) is 0 Å². The van der Waals surface area contributed by atoms with Crippen molar-refractivity contribution in [2.45, 2.75) is 19.3 Å². The van der Waals surface area contributed by atoms with Crippen molar-refractivity contribution < 1.29 is 18.1 Å². The van der Waals surface area contributed by atoms with E-state index >= 15 is 0 Å². The Morgan fingerprint density at radius 3 is 2.58 bits per heavy atom. The van der Waals surface area contributed by atoms with Crippen molar-refractivity contribution in [3.05, 3.63) is 65.5 Å². The molecule has 1 amide bonds. The lowest BCUT2D eigenvalue weighted by Gasteiger charge is -2.18. The van der Waals surface area contributed by atoms with E-state index in [1.54, 1.807) is 30.0 Å². The molecule has 0 radical (unpaired) electrons. The molecule has 2 aromatic carbocycles. The molecule has 0 spiro atoms. The van der Waals surface area contributed by atoms with Gasteiger partial charge in [-0.25, -0.2) is 8.78 Å². The molecule has 7 heteroatoms. The lowest BCUT2D eigenvalue weighted by atomic mass is 10.1. The van der Waals surface area contributed by atoms with E-state index in [2.05, 4.69) is 10.1 Å². The number of benzene rings is 2. The van der Waals surface area contributed by atoms with Gasteiger partial charge in [0.25, 0.3) is 5.89 Å². The molecule has 0 saturated carbocycles. The number of aryl methyl sites for hydroxylation is 1. The minimum atomic E-state index is -0.347. The van der Waals surface area contributed by atoms with Gasteiger partial charge in [-0.3, -0.25) is 4.79 Å². The maximum absolute atomic E-state index is 13.3. The molecule has 3 aromatic rings. The maximum atomic E-state index is 13.3.